The fourth-order valence-electron chi connectivity index (χ4n) is 1.73. The van der Waals surface area contributed by atoms with Crippen molar-refractivity contribution >= 4 is 5.97 Å². The minimum Gasteiger partial charge on any atom is -0.497 e. The van der Waals surface area contributed by atoms with Crippen LogP contribution in [0.5, 0.6) is 5.75 Å². The molecule has 0 aliphatic carbocycles. The topological polar surface area (TPSA) is 44.8 Å². The molecule has 0 saturated carbocycles. The molecule has 0 amide bonds. The van der Waals surface area contributed by atoms with E-state index in [1.165, 1.54) is 0 Å². The summed E-state index contributed by atoms with van der Waals surface area (Å²) in [7, 11) is 1.64. The van der Waals surface area contributed by atoms with E-state index >= 15 is 0 Å². The molecule has 1 heterocycles. The van der Waals surface area contributed by atoms with Gasteiger partial charge in [-0.15, -0.1) is 0 Å². The van der Waals surface area contributed by atoms with Gasteiger partial charge >= 0.3 is 5.97 Å². The second-order valence-corrected chi connectivity index (χ2v) is 4.01. The van der Waals surface area contributed by atoms with Crippen molar-refractivity contribution in [3.63, 3.8) is 0 Å². The van der Waals surface area contributed by atoms with Gasteiger partial charge < -0.3 is 14.2 Å². The van der Waals surface area contributed by atoms with Crippen molar-refractivity contribution < 1.29 is 19.0 Å². The van der Waals surface area contributed by atoms with Crippen molar-refractivity contribution in [2.45, 2.75) is 25.6 Å². The second-order valence-electron chi connectivity index (χ2n) is 4.01. The molecule has 1 aromatic carbocycles. The van der Waals surface area contributed by atoms with Gasteiger partial charge in [0.25, 0.3) is 0 Å². The molecule has 1 aliphatic rings. The molecule has 0 aromatic heterocycles. The first-order chi connectivity index (χ1) is 8.28. The van der Waals surface area contributed by atoms with Crippen molar-refractivity contribution in [3.8, 4) is 5.75 Å². The normalized spacial score (nSPS) is 19.1. The minimum atomic E-state index is -0.122. The maximum Gasteiger partial charge on any atom is 0.306 e. The van der Waals surface area contributed by atoms with Crippen LogP contribution in [0, 0.1) is 0 Å². The number of carbonyl (C=O) groups excluding carboxylic acids is 1. The first kappa shape index (κ1) is 11.9. The molecule has 92 valence electrons. The van der Waals surface area contributed by atoms with Crippen LogP contribution in [0.1, 0.15) is 18.4 Å². The third kappa shape index (κ3) is 3.46. The van der Waals surface area contributed by atoms with Gasteiger partial charge in [0, 0.05) is 6.42 Å². The van der Waals surface area contributed by atoms with Crippen molar-refractivity contribution in [2.75, 3.05) is 13.7 Å². The van der Waals surface area contributed by atoms with Crippen molar-refractivity contribution in [2.24, 2.45) is 0 Å². The van der Waals surface area contributed by atoms with Gasteiger partial charge in [0.2, 0.25) is 0 Å². The zero-order chi connectivity index (χ0) is 12.1. The summed E-state index contributed by atoms with van der Waals surface area (Å²) in [6.45, 7) is 0.996. The Hall–Kier alpha value is -1.55. The Kier molecular flexibility index (Phi) is 3.98. The zero-order valence-corrected chi connectivity index (χ0v) is 9.85. The van der Waals surface area contributed by atoms with Crippen LogP contribution in [0.3, 0.4) is 0 Å². The molecule has 4 nitrogen and oxygen atoms in total. The van der Waals surface area contributed by atoms with Gasteiger partial charge in [-0.25, -0.2) is 0 Å². The summed E-state index contributed by atoms with van der Waals surface area (Å²) in [6, 6.07) is 7.71. The van der Waals surface area contributed by atoms with Gasteiger partial charge in [-0.05, 0) is 24.1 Å². The fourth-order valence-corrected chi connectivity index (χ4v) is 1.73. The van der Waals surface area contributed by atoms with Crippen LogP contribution >= 0.6 is 0 Å². The summed E-state index contributed by atoms with van der Waals surface area (Å²) in [5.74, 6) is 0.710. The first-order valence-corrected chi connectivity index (χ1v) is 5.68. The lowest BCUT2D eigenvalue weighted by atomic mass is 10.2. The predicted octanol–water partition coefficient (Wildman–Crippen LogP) is 1.92. The number of methoxy groups -OCH3 is 1. The van der Waals surface area contributed by atoms with Crippen LogP contribution in [0.15, 0.2) is 24.3 Å². The van der Waals surface area contributed by atoms with Gasteiger partial charge in [0.1, 0.15) is 11.9 Å². The molecule has 2 rings (SSSR count). The van der Waals surface area contributed by atoms with Crippen LogP contribution < -0.4 is 4.74 Å². The SMILES string of the molecule is COc1ccc(COC[C@H]2CCC(=O)O2)cc1. The Morgan fingerprint density at radius 2 is 2.12 bits per heavy atom. The molecule has 1 aromatic rings. The summed E-state index contributed by atoms with van der Waals surface area (Å²) >= 11 is 0. The van der Waals surface area contributed by atoms with E-state index in [0.717, 1.165) is 17.7 Å². The largest absolute Gasteiger partial charge is 0.497 e. The van der Waals surface area contributed by atoms with Crippen LogP contribution in [-0.2, 0) is 20.9 Å². The van der Waals surface area contributed by atoms with Crippen molar-refractivity contribution in [3.05, 3.63) is 29.8 Å². The minimum absolute atomic E-state index is 0.0688. The van der Waals surface area contributed by atoms with E-state index in [1.54, 1.807) is 7.11 Å². The lowest BCUT2D eigenvalue weighted by Gasteiger charge is -2.10. The highest BCUT2D eigenvalue weighted by atomic mass is 16.6. The van der Waals surface area contributed by atoms with Crippen LogP contribution in [0.25, 0.3) is 0 Å². The lowest BCUT2D eigenvalue weighted by molar-refractivity contribution is -0.143. The number of cyclic esters (lactones) is 1. The number of carbonyl (C=O) groups is 1. The van der Waals surface area contributed by atoms with Gasteiger partial charge in [-0.3, -0.25) is 4.79 Å². The van der Waals surface area contributed by atoms with Gasteiger partial charge in [0.15, 0.2) is 0 Å². The maximum atomic E-state index is 10.9. The number of rotatable bonds is 5. The maximum absolute atomic E-state index is 10.9. The average molecular weight is 236 g/mol. The molecule has 1 fully saturated rings. The Balaban J connectivity index is 1.72. The quantitative estimate of drug-likeness (QED) is 0.733. The zero-order valence-electron chi connectivity index (χ0n) is 9.85. The molecule has 1 atom stereocenters. The van der Waals surface area contributed by atoms with Gasteiger partial charge in [-0.1, -0.05) is 12.1 Å². The molecule has 0 N–H and O–H groups in total. The average Bonchev–Trinajstić information content (AvgIpc) is 2.76. The van der Waals surface area contributed by atoms with Gasteiger partial charge in [-0.2, -0.15) is 0 Å². The third-order valence-electron chi connectivity index (χ3n) is 2.70. The predicted molar refractivity (Wildman–Crippen MR) is 61.8 cm³/mol. The van der Waals surface area contributed by atoms with Crippen LogP contribution in [0.2, 0.25) is 0 Å². The molecular formula is C13H16O4. The highest BCUT2D eigenvalue weighted by molar-refractivity contribution is 5.71. The van der Waals surface area contributed by atoms with Crippen LogP contribution in [-0.4, -0.2) is 25.8 Å². The highest BCUT2D eigenvalue weighted by Crippen LogP contribution is 2.15. The summed E-state index contributed by atoms with van der Waals surface area (Å²) in [6.07, 6.45) is 1.21. The number of benzene rings is 1. The standard InChI is InChI=1S/C13H16O4/c1-15-11-4-2-10(3-5-11)8-16-9-12-6-7-13(14)17-12/h2-5,12H,6-9H2,1H3/t12-/m1/s1. The Bertz CT molecular complexity index is 372. The highest BCUT2D eigenvalue weighted by Gasteiger charge is 2.22. The Labute approximate surface area is 100 Å². The lowest BCUT2D eigenvalue weighted by Crippen LogP contribution is -2.14. The van der Waals surface area contributed by atoms with Crippen LogP contribution in [0.4, 0.5) is 0 Å². The van der Waals surface area contributed by atoms with E-state index in [9.17, 15) is 4.79 Å². The Morgan fingerprint density at radius 1 is 1.35 bits per heavy atom. The number of esters is 1. The monoisotopic (exact) mass is 236 g/mol. The molecule has 0 spiro atoms. The molecule has 1 aliphatic heterocycles. The van der Waals surface area contributed by atoms with E-state index in [4.69, 9.17) is 14.2 Å². The fraction of sp³-hybridized carbons (Fsp3) is 0.462. The number of hydrogen-bond acceptors (Lipinski definition) is 4. The first-order valence-electron chi connectivity index (χ1n) is 5.68. The van der Waals surface area contributed by atoms with Crippen molar-refractivity contribution in [1.29, 1.82) is 0 Å². The molecule has 1 saturated heterocycles. The van der Waals surface area contributed by atoms with Gasteiger partial charge in [0.05, 0.1) is 20.3 Å². The third-order valence-corrected chi connectivity index (χ3v) is 2.70. The molecule has 0 unspecified atom stereocenters. The summed E-state index contributed by atoms with van der Waals surface area (Å²) in [5, 5.41) is 0. The number of hydrogen-bond donors (Lipinski definition) is 0. The summed E-state index contributed by atoms with van der Waals surface area (Å²) < 4.78 is 15.6. The van der Waals surface area contributed by atoms with E-state index in [1.807, 2.05) is 24.3 Å². The summed E-state index contributed by atoms with van der Waals surface area (Å²) in [4.78, 5) is 10.9. The van der Waals surface area contributed by atoms with E-state index in [2.05, 4.69) is 0 Å². The summed E-state index contributed by atoms with van der Waals surface area (Å²) in [5.41, 5.74) is 1.08. The second kappa shape index (κ2) is 5.68. The molecular weight excluding hydrogens is 220 g/mol. The van der Waals surface area contributed by atoms with E-state index in [0.29, 0.717) is 19.6 Å². The van der Waals surface area contributed by atoms with E-state index < -0.39 is 0 Å². The van der Waals surface area contributed by atoms with Crippen molar-refractivity contribution in [1.82, 2.24) is 0 Å². The molecule has 17 heavy (non-hydrogen) atoms. The van der Waals surface area contributed by atoms with E-state index in [-0.39, 0.29) is 12.1 Å². The number of ether oxygens (including phenoxy) is 3. The molecule has 0 bridgehead atoms. The molecule has 0 radical (unpaired) electrons. The molecule has 4 heteroatoms. The Morgan fingerprint density at radius 3 is 2.71 bits per heavy atom. The smallest absolute Gasteiger partial charge is 0.306 e.